The lowest BCUT2D eigenvalue weighted by Gasteiger charge is -2.20. The Morgan fingerprint density at radius 3 is 2.79 bits per heavy atom. The minimum atomic E-state index is 0.00227. The Labute approximate surface area is 114 Å². The first-order chi connectivity index (χ1) is 9.02. The van der Waals surface area contributed by atoms with Crippen LogP contribution in [-0.4, -0.2) is 42.4 Å². The van der Waals surface area contributed by atoms with E-state index in [2.05, 4.69) is 15.7 Å². The van der Waals surface area contributed by atoms with E-state index < -0.39 is 0 Å². The van der Waals surface area contributed by atoms with Gasteiger partial charge < -0.3 is 15.5 Å². The second-order valence-corrected chi connectivity index (χ2v) is 5.20. The third-order valence-electron chi connectivity index (χ3n) is 3.48. The molecule has 0 radical (unpaired) electrons. The Balaban J connectivity index is 2.14. The first-order valence-electron chi connectivity index (χ1n) is 6.70. The van der Waals surface area contributed by atoms with Crippen LogP contribution < -0.4 is 15.5 Å². The molecule has 1 aliphatic carbocycles. The molecule has 1 aromatic heterocycles. The van der Waals surface area contributed by atoms with Gasteiger partial charge in [0.1, 0.15) is 5.82 Å². The number of hydrogen-bond donors (Lipinski definition) is 2. The molecule has 1 heterocycles. The van der Waals surface area contributed by atoms with Gasteiger partial charge in [0.15, 0.2) is 0 Å². The molecule has 1 saturated carbocycles. The lowest BCUT2D eigenvalue weighted by Crippen LogP contribution is -2.34. The fraction of sp³-hybridized carbons (Fsp3) is 0.692. The Morgan fingerprint density at radius 1 is 1.53 bits per heavy atom. The van der Waals surface area contributed by atoms with Crippen molar-refractivity contribution in [1.82, 2.24) is 20.4 Å². The van der Waals surface area contributed by atoms with E-state index in [1.165, 1.54) is 18.4 Å². The van der Waals surface area contributed by atoms with Crippen LogP contribution in [0.2, 0.25) is 0 Å². The second kappa shape index (κ2) is 5.61. The van der Waals surface area contributed by atoms with Gasteiger partial charge in [0.05, 0.1) is 12.2 Å². The van der Waals surface area contributed by atoms with Crippen LogP contribution in [-0.2, 0) is 18.4 Å². The summed E-state index contributed by atoms with van der Waals surface area (Å²) in [7, 11) is 5.50. The standard InChI is InChI=1S/C13H23N5O/c1-9-11(7-15-10-5-6-10)13(18(4)16-9)17(3)8-12(19)14-2/h10,15H,5-8H2,1-4H3,(H,14,19). The van der Waals surface area contributed by atoms with Gasteiger partial charge in [-0.25, -0.2) is 0 Å². The number of aryl methyl sites for hydroxylation is 2. The summed E-state index contributed by atoms with van der Waals surface area (Å²) in [5.74, 6) is 1.01. The SMILES string of the molecule is CNC(=O)CN(C)c1c(CNC2CC2)c(C)nn1C. The van der Waals surface area contributed by atoms with E-state index in [0.29, 0.717) is 12.6 Å². The molecule has 2 rings (SSSR count). The summed E-state index contributed by atoms with van der Waals surface area (Å²) >= 11 is 0. The van der Waals surface area contributed by atoms with Crippen molar-refractivity contribution >= 4 is 11.7 Å². The summed E-state index contributed by atoms with van der Waals surface area (Å²) in [4.78, 5) is 13.5. The van der Waals surface area contributed by atoms with Crippen molar-refractivity contribution in [3.8, 4) is 0 Å². The van der Waals surface area contributed by atoms with Crippen molar-refractivity contribution in [2.24, 2.45) is 7.05 Å². The number of nitrogens with zero attached hydrogens (tertiary/aromatic N) is 3. The Bertz CT molecular complexity index is 464. The van der Waals surface area contributed by atoms with Gasteiger partial charge in [0.25, 0.3) is 0 Å². The highest BCUT2D eigenvalue weighted by molar-refractivity contribution is 5.80. The minimum absolute atomic E-state index is 0.00227. The monoisotopic (exact) mass is 265 g/mol. The molecule has 0 bridgehead atoms. The van der Waals surface area contributed by atoms with E-state index in [4.69, 9.17) is 0 Å². The number of aromatic nitrogens is 2. The molecule has 1 amide bonds. The molecule has 2 N–H and O–H groups in total. The highest BCUT2D eigenvalue weighted by Crippen LogP contribution is 2.24. The lowest BCUT2D eigenvalue weighted by molar-refractivity contribution is -0.119. The number of nitrogens with one attached hydrogen (secondary N) is 2. The van der Waals surface area contributed by atoms with Crippen LogP contribution in [0.4, 0.5) is 5.82 Å². The van der Waals surface area contributed by atoms with Crippen LogP contribution in [0.15, 0.2) is 0 Å². The number of hydrogen-bond acceptors (Lipinski definition) is 4. The first kappa shape index (κ1) is 13.9. The predicted molar refractivity (Wildman–Crippen MR) is 75.1 cm³/mol. The van der Waals surface area contributed by atoms with Crippen LogP contribution in [0.3, 0.4) is 0 Å². The van der Waals surface area contributed by atoms with Crippen molar-refractivity contribution in [1.29, 1.82) is 0 Å². The highest BCUT2D eigenvalue weighted by Gasteiger charge is 2.23. The summed E-state index contributed by atoms with van der Waals surface area (Å²) in [6, 6.07) is 0.664. The van der Waals surface area contributed by atoms with Gasteiger partial charge in [0.2, 0.25) is 5.91 Å². The highest BCUT2D eigenvalue weighted by atomic mass is 16.1. The number of carbonyl (C=O) groups excluding carboxylic acids is 1. The zero-order valence-corrected chi connectivity index (χ0v) is 12.2. The molecule has 6 heteroatoms. The molecule has 1 aliphatic rings. The average molecular weight is 265 g/mol. The van der Waals surface area contributed by atoms with Crippen LogP contribution in [0, 0.1) is 6.92 Å². The Kier molecular flexibility index (Phi) is 4.09. The van der Waals surface area contributed by atoms with Crippen LogP contribution in [0.1, 0.15) is 24.1 Å². The number of carbonyl (C=O) groups is 1. The maximum absolute atomic E-state index is 11.5. The normalized spacial score (nSPS) is 14.5. The van der Waals surface area contributed by atoms with E-state index in [9.17, 15) is 4.79 Å². The van der Waals surface area contributed by atoms with Crippen molar-refractivity contribution in [3.05, 3.63) is 11.3 Å². The second-order valence-electron chi connectivity index (χ2n) is 5.20. The van der Waals surface area contributed by atoms with E-state index in [1.807, 2.05) is 30.6 Å². The molecule has 0 atom stereocenters. The number of anilines is 1. The number of likely N-dealkylation sites (N-methyl/N-ethyl adjacent to an activating group) is 2. The van der Waals surface area contributed by atoms with Crippen LogP contribution >= 0.6 is 0 Å². The fourth-order valence-corrected chi connectivity index (χ4v) is 2.28. The van der Waals surface area contributed by atoms with Gasteiger partial charge in [-0.1, -0.05) is 0 Å². The van der Waals surface area contributed by atoms with E-state index in [-0.39, 0.29) is 5.91 Å². The van der Waals surface area contributed by atoms with E-state index in [0.717, 1.165) is 18.1 Å². The van der Waals surface area contributed by atoms with Gasteiger partial charge in [-0.05, 0) is 19.8 Å². The third-order valence-corrected chi connectivity index (χ3v) is 3.48. The smallest absolute Gasteiger partial charge is 0.239 e. The van der Waals surface area contributed by atoms with Crippen molar-refractivity contribution in [3.63, 3.8) is 0 Å². The quantitative estimate of drug-likeness (QED) is 0.769. The maximum atomic E-state index is 11.5. The molecule has 6 nitrogen and oxygen atoms in total. The third kappa shape index (κ3) is 3.26. The van der Waals surface area contributed by atoms with Crippen molar-refractivity contribution in [2.75, 3.05) is 25.5 Å². The van der Waals surface area contributed by atoms with Gasteiger partial charge in [-0.2, -0.15) is 5.10 Å². The zero-order chi connectivity index (χ0) is 14.0. The molecule has 106 valence electrons. The van der Waals surface area contributed by atoms with Crippen molar-refractivity contribution in [2.45, 2.75) is 32.4 Å². The maximum Gasteiger partial charge on any atom is 0.239 e. The Hall–Kier alpha value is -1.56. The molecule has 19 heavy (non-hydrogen) atoms. The minimum Gasteiger partial charge on any atom is -0.358 e. The van der Waals surface area contributed by atoms with Gasteiger partial charge in [-0.15, -0.1) is 0 Å². The fourth-order valence-electron chi connectivity index (χ4n) is 2.28. The molecular formula is C13H23N5O. The summed E-state index contributed by atoms with van der Waals surface area (Å²) < 4.78 is 1.85. The molecule has 0 saturated heterocycles. The van der Waals surface area contributed by atoms with E-state index in [1.54, 1.807) is 7.05 Å². The summed E-state index contributed by atoms with van der Waals surface area (Å²) in [5, 5.41) is 10.6. The largest absolute Gasteiger partial charge is 0.358 e. The predicted octanol–water partition coefficient (Wildman–Crippen LogP) is 0.163. The first-order valence-corrected chi connectivity index (χ1v) is 6.70. The van der Waals surface area contributed by atoms with Gasteiger partial charge in [0, 0.05) is 39.3 Å². The lowest BCUT2D eigenvalue weighted by atomic mass is 10.2. The topological polar surface area (TPSA) is 62.2 Å². The molecule has 0 aliphatic heterocycles. The Morgan fingerprint density at radius 2 is 2.21 bits per heavy atom. The molecule has 1 aromatic rings. The molecule has 0 aromatic carbocycles. The summed E-state index contributed by atoms with van der Waals surface area (Å²) in [6.45, 7) is 3.17. The van der Waals surface area contributed by atoms with Crippen LogP contribution in [0.5, 0.6) is 0 Å². The molecule has 1 fully saturated rings. The van der Waals surface area contributed by atoms with E-state index >= 15 is 0 Å². The molecule has 0 spiro atoms. The summed E-state index contributed by atoms with van der Waals surface area (Å²) in [5.41, 5.74) is 2.20. The van der Waals surface area contributed by atoms with Crippen LogP contribution in [0.25, 0.3) is 0 Å². The van der Waals surface area contributed by atoms with Gasteiger partial charge in [-0.3, -0.25) is 9.48 Å². The molecular weight excluding hydrogens is 242 g/mol. The number of amides is 1. The summed E-state index contributed by atoms with van der Waals surface area (Å²) in [6.07, 6.45) is 2.53. The van der Waals surface area contributed by atoms with Gasteiger partial charge >= 0.3 is 0 Å². The van der Waals surface area contributed by atoms with Crippen molar-refractivity contribution < 1.29 is 4.79 Å². The molecule has 0 unspecified atom stereocenters. The zero-order valence-electron chi connectivity index (χ0n) is 12.2. The number of rotatable bonds is 6. The average Bonchev–Trinajstić information content (AvgIpc) is 3.12.